The second-order valence-corrected chi connectivity index (χ2v) is 5.70. The Morgan fingerprint density at radius 3 is 2.90 bits per heavy atom. The average molecular weight is 282 g/mol. The lowest BCUT2D eigenvalue weighted by atomic mass is 10.0. The molecule has 2 aliphatic rings. The number of rotatable bonds is 3. The summed E-state index contributed by atoms with van der Waals surface area (Å²) in [5, 5.41) is 0. The molecule has 1 aromatic carbocycles. The fraction of sp³-hybridized carbons (Fsp3) is 0.333. The van der Waals surface area contributed by atoms with E-state index < -0.39 is 0 Å². The molecule has 110 valence electrons. The maximum atomic E-state index is 5.57. The van der Waals surface area contributed by atoms with Crippen molar-refractivity contribution in [2.45, 2.75) is 12.5 Å². The van der Waals surface area contributed by atoms with Gasteiger partial charge >= 0.3 is 0 Å². The number of benzene rings is 1. The zero-order valence-corrected chi connectivity index (χ0v) is 12.9. The third-order valence-corrected chi connectivity index (χ3v) is 4.15. The Bertz CT molecular complexity index is 614. The molecule has 1 aromatic rings. The maximum Gasteiger partial charge on any atom is 0.128 e. The minimum atomic E-state index is 0.410. The normalized spacial score (nSPS) is 21.8. The van der Waals surface area contributed by atoms with Crippen molar-refractivity contribution >= 4 is 11.8 Å². The molecule has 1 unspecified atom stereocenters. The van der Waals surface area contributed by atoms with Crippen LogP contribution >= 0.6 is 0 Å². The number of nitrogens with zero attached hydrogens (tertiary/aromatic N) is 2. The monoisotopic (exact) mass is 282 g/mol. The van der Waals surface area contributed by atoms with Crippen LogP contribution in [0.25, 0.3) is 6.08 Å². The van der Waals surface area contributed by atoms with Crippen LogP contribution in [-0.4, -0.2) is 38.7 Å². The van der Waals surface area contributed by atoms with E-state index in [0.29, 0.717) is 6.04 Å². The van der Waals surface area contributed by atoms with Gasteiger partial charge in [0.05, 0.1) is 13.2 Å². The van der Waals surface area contributed by atoms with Gasteiger partial charge in [-0.25, -0.2) is 0 Å². The van der Waals surface area contributed by atoms with Crippen molar-refractivity contribution in [3.05, 3.63) is 53.8 Å². The highest BCUT2D eigenvalue weighted by Gasteiger charge is 2.25. The van der Waals surface area contributed by atoms with Gasteiger partial charge in [-0.05, 0) is 42.5 Å². The summed E-state index contributed by atoms with van der Waals surface area (Å²) in [7, 11) is 5.82. The Kier molecular flexibility index (Phi) is 3.74. The number of fused-ring (bicyclic) bond motifs is 1. The van der Waals surface area contributed by atoms with E-state index in [0.717, 1.165) is 30.0 Å². The van der Waals surface area contributed by atoms with E-state index in [1.807, 2.05) is 14.1 Å². The summed E-state index contributed by atoms with van der Waals surface area (Å²) in [6, 6.07) is 6.79. The fourth-order valence-corrected chi connectivity index (χ4v) is 2.94. The van der Waals surface area contributed by atoms with E-state index in [4.69, 9.17) is 4.74 Å². The first-order valence-electron chi connectivity index (χ1n) is 7.35. The first-order chi connectivity index (χ1) is 10.2. The van der Waals surface area contributed by atoms with Gasteiger partial charge in [0.25, 0.3) is 0 Å². The summed E-state index contributed by atoms with van der Waals surface area (Å²) in [5.41, 5.74) is 3.76. The van der Waals surface area contributed by atoms with Crippen LogP contribution in [0.15, 0.2) is 48.2 Å². The van der Waals surface area contributed by atoms with Crippen LogP contribution in [0.5, 0.6) is 5.75 Å². The minimum absolute atomic E-state index is 0.410. The molecule has 3 heteroatoms. The first-order valence-corrected chi connectivity index (χ1v) is 7.35. The second-order valence-electron chi connectivity index (χ2n) is 5.70. The zero-order chi connectivity index (χ0) is 14.8. The molecule has 3 rings (SSSR count). The predicted octanol–water partition coefficient (Wildman–Crippen LogP) is 3.30. The molecule has 1 atom stereocenters. The second kappa shape index (κ2) is 5.68. The molecular formula is C18H22N2O. The van der Waals surface area contributed by atoms with Crippen molar-refractivity contribution in [1.29, 1.82) is 0 Å². The van der Waals surface area contributed by atoms with E-state index in [1.54, 1.807) is 7.11 Å². The maximum absolute atomic E-state index is 5.57. The lowest BCUT2D eigenvalue weighted by Crippen LogP contribution is -2.24. The molecule has 0 bridgehead atoms. The molecule has 0 amide bonds. The minimum Gasteiger partial charge on any atom is -0.496 e. The fourth-order valence-electron chi connectivity index (χ4n) is 2.94. The van der Waals surface area contributed by atoms with Crippen molar-refractivity contribution in [3.63, 3.8) is 0 Å². The lowest BCUT2D eigenvalue weighted by Gasteiger charge is -2.22. The Morgan fingerprint density at radius 2 is 2.14 bits per heavy atom. The molecule has 0 spiro atoms. The van der Waals surface area contributed by atoms with Crippen LogP contribution in [-0.2, 0) is 0 Å². The smallest absolute Gasteiger partial charge is 0.128 e. The number of anilines is 1. The Hall–Kier alpha value is -2.16. The van der Waals surface area contributed by atoms with Crippen molar-refractivity contribution in [3.8, 4) is 5.75 Å². The molecule has 0 saturated carbocycles. The molecule has 1 saturated heterocycles. The van der Waals surface area contributed by atoms with Crippen molar-refractivity contribution in [1.82, 2.24) is 4.90 Å². The van der Waals surface area contributed by atoms with E-state index in [1.165, 1.54) is 5.57 Å². The SMILES string of the molecule is COc1cc(N(C)C)ccc1/C=C1\CCN2C=CC=CC12. The molecule has 2 aliphatic heterocycles. The van der Waals surface area contributed by atoms with Crippen LogP contribution in [0.1, 0.15) is 12.0 Å². The summed E-state index contributed by atoms with van der Waals surface area (Å²) >= 11 is 0. The summed E-state index contributed by atoms with van der Waals surface area (Å²) in [4.78, 5) is 4.47. The third-order valence-electron chi connectivity index (χ3n) is 4.15. The van der Waals surface area contributed by atoms with Gasteiger partial charge in [-0.1, -0.05) is 12.2 Å². The van der Waals surface area contributed by atoms with Gasteiger partial charge in [0.2, 0.25) is 0 Å². The number of methoxy groups -OCH3 is 1. The summed E-state index contributed by atoms with van der Waals surface area (Å²) in [6.45, 7) is 1.09. The lowest BCUT2D eigenvalue weighted by molar-refractivity contribution is 0.412. The van der Waals surface area contributed by atoms with Gasteiger partial charge in [-0.2, -0.15) is 0 Å². The van der Waals surface area contributed by atoms with E-state index >= 15 is 0 Å². The predicted molar refractivity (Wildman–Crippen MR) is 88.7 cm³/mol. The van der Waals surface area contributed by atoms with Gasteiger partial charge in [0, 0.05) is 38.0 Å². The third kappa shape index (κ3) is 2.68. The molecule has 2 heterocycles. The van der Waals surface area contributed by atoms with E-state index in [-0.39, 0.29) is 0 Å². The molecule has 0 radical (unpaired) electrons. The topological polar surface area (TPSA) is 15.7 Å². The molecule has 0 aliphatic carbocycles. The van der Waals surface area contributed by atoms with Gasteiger partial charge in [0.1, 0.15) is 5.75 Å². The van der Waals surface area contributed by atoms with Crippen LogP contribution in [0.3, 0.4) is 0 Å². The first kappa shape index (κ1) is 13.8. The highest BCUT2D eigenvalue weighted by molar-refractivity contribution is 5.66. The van der Waals surface area contributed by atoms with Gasteiger partial charge in [0.15, 0.2) is 0 Å². The molecule has 1 fully saturated rings. The summed E-state index contributed by atoms with van der Waals surface area (Å²) < 4.78 is 5.57. The number of hydrogen-bond donors (Lipinski definition) is 0. The highest BCUT2D eigenvalue weighted by atomic mass is 16.5. The van der Waals surface area contributed by atoms with Gasteiger partial charge in [-0.3, -0.25) is 0 Å². The number of allylic oxidation sites excluding steroid dienone is 2. The van der Waals surface area contributed by atoms with Crippen LogP contribution in [0, 0.1) is 0 Å². The largest absolute Gasteiger partial charge is 0.496 e. The molecule has 0 N–H and O–H groups in total. The molecule has 0 aromatic heterocycles. The van der Waals surface area contributed by atoms with Gasteiger partial charge in [-0.15, -0.1) is 0 Å². The van der Waals surface area contributed by atoms with E-state index in [2.05, 4.69) is 58.5 Å². The van der Waals surface area contributed by atoms with Gasteiger partial charge < -0.3 is 14.5 Å². The Labute approximate surface area is 126 Å². The summed E-state index contributed by atoms with van der Waals surface area (Å²) in [5.74, 6) is 0.933. The quantitative estimate of drug-likeness (QED) is 0.846. The van der Waals surface area contributed by atoms with Crippen molar-refractivity contribution in [2.75, 3.05) is 32.6 Å². The van der Waals surface area contributed by atoms with E-state index in [9.17, 15) is 0 Å². The van der Waals surface area contributed by atoms with Crippen LogP contribution in [0.4, 0.5) is 5.69 Å². The number of hydrogen-bond acceptors (Lipinski definition) is 3. The van der Waals surface area contributed by atoms with Crippen molar-refractivity contribution in [2.24, 2.45) is 0 Å². The Morgan fingerprint density at radius 1 is 1.29 bits per heavy atom. The summed E-state index contributed by atoms with van der Waals surface area (Å²) in [6.07, 6.45) is 12.1. The zero-order valence-electron chi connectivity index (χ0n) is 12.9. The average Bonchev–Trinajstić information content (AvgIpc) is 2.91. The highest BCUT2D eigenvalue weighted by Crippen LogP contribution is 2.32. The Balaban J connectivity index is 1.92. The molecule has 3 nitrogen and oxygen atoms in total. The van der Waals surface area contributed by atoms with Crippen LogP contribution < -0.4 is 9.64 Å². The molecular weight excluding hydrogens is 260 g/mol. The molecule has 21 heavy (non-hydrogen) atoms. The number of ether oxygens (including phenoxy) is 1. The van der Waals surface area contributed by atoms with Crippen LogP contribution in [0.2, 0.25) is 0 Å². The van der Waals surface area contributed by atoms with Crippen molar-refractivity contribution < 1.29 is 4.74 Å². The standard InChI is InChI=1S/C18H22N2O/c1-19(2)16-8-7-15(18(13-16)21-3)12-14-9-11-20-10-5-4-6-17(14)20/h4-8,10,12-13,17H,9,11H2,1-3H3/b14-12+.